The smallest absolute Gasteiger partial charge is 0.224 e. The van der Waals surface area contributed by atoms with E-state index >= 15 is 0 Å². The second-order valence-electron chi connectivity index (χ2n) is 5.05. The minimum absolute atomic E-state index is 0.366. The maximum atomic E-state index is 11.5. The fourth-order valence-electron chi connectivity index (χ4n) is 1.75. The summed E-state index contributed by atoms with van der Waals surface area (Å²) in [5.41, 5.74) is 5.66. The van der Waals surface area contributed by atoms with Crippen molar-refractivity contribution in [2.24, 2.45) is 11.1 Å². The molecule has 2 rings (SSSR count). The Morgan fingerprint density at radius 2 is 2.05 bits per heavy atom. The Bertz CT molecular complexity index is 642. The lowest BCUT2D eigenvalue weighted by atomic mass is 9.92. The van der Waals surface area contributed by atoms with Crippen LogP contribution in [0.5, 0.6) is 0 Å². The lowest BCUT2D eigenvalue weighted by molar-refractivity contribution is -0.126. The molecule has 0 spiro atoms. The predicted octanol–water partition coefficient (Wildman–Crippen LogP) is 2.12. The van der Waals surface area contributed by atoms with Gasteiger partial charge in [0.2, 0.25) is 5.91 Å². The molecule has 19 heavy (non-hydrogen) atoms. The van der Waals surface area contributed by atoms with E-state index in [1.54, 1.807) is 18.4 Å². The number of aromatic nitrogens is 3. The molecule has 100 valence electrons. The van der Waals surface area contributed by atoms with Crippen molar-refractivity contribution in [3.63, 3.8) is 0 Å². The molecule has 1 aromatic carbocycles. The number of primary amides is 1. The van der Waals surface area contributed by atoms with Crippen molar-refractivity contribution >= 4 is 18.1 Å². The third kappa shape index (κ3) is 2.73. The Morgan fingerprint density at radius 3 is 2.63 bits per heavy atom. The molecule has 3 N–H and O–H groups in total. The van der Waals surface area contributed by atoms with E-state index in [9.17, 15) is 4.79 Å². The third-order valence-electron chi connectivity index (χ3n) is 3.01. The van der Waals surface area contributed by atoms with Gasteiger partial charge in [-0.3, -0.25) is 14.5 Å². The van der Waals surface area contributed by atoms with Crippen LogP contribution in [0.3, 0.4) is 0 Å². The number of H-pyrrole nitrogens is 1. The maximum Gasteiger partial charge on any atom is 0.224 e. The van der Waals surface area contributed by atoms with Crippen molar-refractivity contribution in [3.8, 4) is 11.4 Å². The summed E-state index contributed by atoms with van der Waals surface area (Å²) in [7, 11) is 0. The standard InChI is InChI=1S/C13H16N4OS/c1-13(2,11(14)18)8-17-10(15-16-12(17)19)9-6-4-3-5-7-9/h3-7H,8H2,1-2H3,(H2,14,18)(H,16,19). The van der Waals surface area contributed by atoms with Crippen LogP contribution >= 0.6 is 12.2 Å². The largest absolute Gasteiger partial charge is 0.369 e. The van der Waals surface area contributed by atoms with Crippen LogP contribution in [-0.2, 0) is 11.3 Å². The number of aromatic amines is 1. The molecule has 0 aliphatic rings. The van der Waals surface area contributed by atoms with Crippen molar-refractivity contribution in [2.75, 3.05) is 0 Å². The second kappa shape index (κ2) is 4.97. The quantitative estimate of drug-likeness (QED) is 0.840. The summed E-state index contributed by atoms with van der Waals surface area (Å²) < 4.78 is 2.28. The summed E-state index contributed by atoms with van der Waals surface area (Å²) in [5.74, 6) is 0.342. The number of benzene rings is 1. The Morgan fingerprint density at radius 1 is 1.42 bits per heavy atom. The molecule has 1 aromatic heterocycles. The number of carbonyl (C=O) groups excluding carboxylic acids is 1. The van der Waals surface area contributed by atoms with Gasteiger partial charge in [-0.05, 0) is 26.1 Å². The van der Waals surface area contributed by atoms with E-state index in [2.05, 4.69) is 10.2 Å². The number of rotatable bonds is 4. The van der Waals surface area contributed by atoms with Gasteiger partial charge in [0.25, 0.3) is 0 Å². The molecule has 0 saturated heterocycles. The summed E-state index contributed by atoms with van der Waals surface area (Å²) >= 11 is 5.22. The van der Waals surface area contributed by atoms with E-state index in [-0.39, 0.29) is 5.91 Å². The molecular weight excluding hydrogens is 260 g/mol. The second-order valence-corrected chi connectivity index (χ2v) is 5.44. The van der Waals surface area contributed by atoms with Crippen LogP contribution in [0, 0.1) is 10.2 Å². The number of hydrogen-bond acceptors (Lipinski definition) is 3. The first-order valence-corrected chi connectivity index (χ1v) is 6.33. The highest BCUT2D eigenvalue weighted by molar-refractivity contribution is 7.71. The third-order valence-corrected chi connectivity index (χ3v) is 3.32. The molecule has 0 fully saturated rings. The number of hydrogen-bond donors (Lipinski definition) is 2. The Kier molecular flexibility index (Phi) is 3.53. The van der Waals surface area contributed by atoms with Crippen LogP contribution in [0.2, 0.25) is 0 Å². The predicted molar refractivity (Wildman–Crippen MR) is 75.8 cm³/mol. The van der Waals surface area contributed by atoms with Crippen LogP contribution in [0.15, 0.2) is 30.3 Å². The van der Waals surface area contributed by atoms with Gasteiger partial charge in [-0.2, -0.15) is 5.10 Å². The topological polar surface area (TPSA) is 76.7 Å². The number of amides is 1. The molecular formula is C13H16N4OS. The molecule has 0 aliphatic heterocycles. The minimum atomic E-state index is -0.689. The van der Waals surface area contributed by atoms with Gasteiger partial charge in [0, 0.05) is 12.1 Å². The summed E-state index contributed by atoms with van der Waals surface area (Å²) in [6.07, 6.45) is 0. The zero-order valence-electron chi connectivity index (χ0n) is 10.9. The Labute approximate surface area is 116 Å². The van der Waals surface area contributed by atoms with Gasteiger partial charge in [0.1, 0.15) is 0 Å². The van der Waals surface area contributed by atoms with Crippen molar-refractivity contribution < 1.29 is 4.79 Å². The zero-order valence-corrected chi connectivity index (χ0v) is 11.7. The van der Waals surface area contributed by atoms with E-state index in [1.807, 2.05) is 30.3 Å². The molecule has 0 unspecified atom stereocenters. The fourth-order valence-corrected chi connectivity index (χ4v) is 1.94. The zero-order chi connectivity index (χ0) is 14.0. The first-order chi connectivity index (χ1) is 8.92. The molecule has 0 atom stereocenters. The Balaban J connectivity index is 2.45. The maximum absolute atomic E-state index is 11.5. The molecule has 0 radical (unpaired) electrons. The molecule has 1 heterocycles. The van der Waals surface area contributed by atoms with Crippen molar-refractivity contribution in [1.82, 2.24) is 14.8 Å². The van der Waals surface area contributed by atoms with Crippen molar-refractivity contribution in [2.45, 2.75) is 20.4 Å². The van der Waals surface area contributed by atoms with Crippen molar-refractivity contribution in [1.29, 1.82) is 0 Å². The minimum Gasteiger partial charge on any atom is -0.369 e. The van der Waals surface area contributed by atoms with Gasteiger partial charge in [-0.15, -0.1) is 0 Å². The monoisotopic (exact) mass is 276 g/mol. The summed E-state index contributed by atoms with van der Waals surface area (Å²) in [4.78, 5) is 11.5. The number of carbonyl (C=O) groups is 1. The Hall–Kier alpha value is -1.95. The lowest BCUT2D eigenvalue weighted by Crippen LogP contribution is -2.35. The first-order valence-electron chi connectivity index (χ1n) is 5.92. The van der Waals surface area contributed by atoms with Gasteiger partial charge in [0.15, 0.2) is 10.6 Å². The normalized spacial score (nSPS) is 11.5. The molecule has 0 aliphatic carbocycles. The summed E-state index contributed by atoms with van der Waals surface area (Å²) in [6.45, 7) is 3.97. The van der Waals surface area contributed by atoms with E-state index in [1.165, 1.54) is 0 Å². The summed E-state index contributed by atoms with van der Waals surface area (Å²) in [5, 5.41) is 6.98. The van der Waals surface area contributed by atoms with Gasteiger partial charge in [-0.1, -0.05) is 30.3 Å². The van der Waals surface area contributed by atoms with Crippen LogP contribution in [0.1, 0.15) is 13.8 Å². The van der Waals surface area contributed by atoms with E-state index < -0.39 is 5.41 Å². The van der Waals surface area contributed by atoms with Crippen LogP contribution in [0.25, 0.3) is 11.4 Å². The van der Waals surface area contributed by atoms with Crippen LogP contribution < -0.4 is 5.73 Å². The van der Waals surface area contributed by atoms with Gasteiger partial charge in [0.05, 0.1) is 5.41 Å². The van der Waals surface area contributed by atoms with Gasteiger partial charge < -0.3 is 5.73 Å². The lowest BCUT2D eigenvalue weighted by Gasteiger charge is -2.21. The number of nitrogens with one attached hydrogen (secondary N) is 1. The molecule has 0 saturated carbocycles. The molecule has 5 nitrogen and oxygen atoms in total. The average molecular weight is 276 g/mol. The van der Waals surface area contributed by atoms with Crippen LogP contribution in [0.4, 0.5) is 0 Å². The average Bonchev–Trinajstić information content (AvgIpc) is 2.71. The molecule has 2 aromatic rings. The number of nitrogens with zero attached hydrogens (tertiary/aromatic N) is 2. The first kappa shape index (κ1) is 13.5. The van der Waals surface area contributed by atoms with Crippen LogP contribution in [-0.4, -0.2) is 20.7 Å². The summed E-state index contributed by atoms with van der Waals surface area (Å²) in [6, 6.07) is 9.67. The fraction of sp³-hybridized carbons (Fsp3) is 0.308. The van der Waals surface area contributed by atoms with E-state index in [4.69, 9.17) is 18.0 Å². The van der Waals surface area contributed by atoms with Gasteiger partial charge in [-0.25, -0.2) is 0 Å². The highest BCUT2D eigenvalue weighted by Gasteiger charge is 2.27. The molecule has 1 amide bonds. The van der Waals surface area contributed by atoms with E-state index in [0.29, 0.717) is 17.1 Å². The number of nitrogens with two attached hydrogens (primary N) is 1. The molecule has 6 heteroatoms. The SMILES string of the molecule is CC(C)(Cn1c(-c2ccccc2)n[nH]c1=S)C(N)=O. The van der Waals surface area contributed by atoms with Crippen molar-refractivity contribution in [3.05, 3.63) is 35.1 Å². The molecule has 0 bridgehead atoms. The van der Waals surface area contributed by atoms with E-state index in [0.717, 1.165) is 5.56 Å². The highest BCUT2D eigenvalue weighted by atomic mass is 32.1. The highest BCUT2D eigenvalue weighted by Crippen LogP contribution is 2.23. The van der Waals surface area contributed by atoms with Gasteiger partial charge >= 0.3 is 0 Å².